The van der Waals surface area contributed by atoms with Gasteiger partial charge in [-0.2, -0.15) is 0 Å². The molecule has 1 unspecified atom stereocenters. The first-order chi connectivity index (χ1) is 42.2. The monoisotopic (exact) mass is 1310 g/mol. The fourth-order valence-corrected chi connectivity index (χ4v) is 11.4. The van der Waals surface area contributed by atoms with Gasteiger partial charge in [0.1, 0.15) is 195 Å². The zero-order valence-electron chi connectivity index (χ0n) is 46.5. The Hall–Kier alpha value is -1.64. The largest absolute Gasteiger partial charge is 0.394 e. The van der Waals surface area contributed by atoms with Gasteiger partial charge in [-0.05, 0) is 0 Å². The molecule has 0 saturated carbocycles. The summed E-state index contributed by atoms with van der Waals surface area (Å²) in [5, 5.41) is 281. The lowest BCUT2D eigenvalue weighted by Crippen LogP contribution is -2.69. The van der Waals surface area contributed by atoms with Crippen LogP contribution in [0.15, 0.2) is 0 Å². The first-order valence-corrected chi connectivity index (χ1v) is 28.2. The van der Waals surface area contributed by atoms with E-state index in [4.69, 9.17) is 71.1 Å². The molecular formula is C48H82O41. The quantitative estimate of drug-likeness (QED) is 0.0479. The number of hydrogen-bond acceptors (Lipinski definition) is 41. The molecule has 8 aliphatic heterocycles. The minimum atomic E-state index is -2.38. The maximum absolute atomic E-state index is 11.8. The van der Waals surface area contributed by atoms with Crippen LogP contribution in [0.5, 0.6) is 0 Å². The maximum atomic E-state index is 11.8. The summed E-state index contributed by atoms with van der Waals surface area (Å²) in [5.74, 6) is 0. The van der Waals surface area contributed by atoms with Crippen molar-refractivity contribution in [3.63, 3.8) is 0 Å². The Bertz CT molecular complexity index is 2130. The van der Waals surface area contributed by atoms with Gasteiger partial charge in [-0.15, -0.1) is 0 Å². The molecule has 0 radical (unpaired) electrons. The predicted molar refractivity (Wildman–Crippen MR) is 264 cm³/mol. The predicted octanol–water partition coefficient (Wildman–Crippen LogP) is -18.5. The minimum Gasteiger partial charge on any atom is -0.394 e. The molecule has 8 heterocycles. The number of aliphatic hydroxyl groups excluding tert-OH is 26. The lowest BCUT2D eigenvalue weighted by atomic mass is 9.95. The smallest absolute Gasteiger partial charge is 0.187 e. The van der Waals surface area contributed by atoms with Gasteiger partial charge in [0.15, 0.2) is 50.3 Å². The molecule has 8 saturated heterocycles. The highest BCUT2D eigenvalue weighted by Crippen LogP contribution is 2.39. The van der Waals surface area contributed by atoms with Crippen molar-refractivity contribution in [2.24, 2.45) is 0 Å². The molecule has 89 heavy (non-hydrogen) atoms. The average Bonchev–Trinajstić information content (AvgIpc) is 1.73. The summed E-state index contributed by atoms with van der Waals surface area (Å²) >= 11 is 0. The molecule has 26 N–H and O–H groups in total. The third kappa shape index (κ3) is 15.0. The van der Waals surface area contributed by atoms with Gasteiger partial charge in [0.2, 0.25) is 0 Å². The fraction of sp³-hybridized carbons (Fsp3) is 1.00. The van der Waals surface area contributed by atoms with Gasteiger partial charge >= 0.3 is 0 Å². The van der Waals surface area contributed by atoms with Crippen LogP contribution in [0.1, 0.15) is 0 Å². The third-order valence-electron chi connectivity index (χ3n) is 16.7. The number of hydrogen-bond donors (Lipinski definition) is 26. The highest BCUT2D eigenvalue weighted by Gasteiger charge is 2.60. The summed E-state index contributed by atoms with van der Waals surface area (Å²) in [6.45, 7) is -8.32. The van der Waals surface area contributed by atoms with Crippen molar-refractivity contribution in [3.8, 4) is 0 Å². The van der Waals surface area contributed by atoms with E-state index in [1.54, 1.807) is 0 Å². The Kier molecular flexibility index (Phi) is 25.9. The van der Waals surface area contributed by atoms with Crippen molar-refractivity contribution in [2.45, 2.75) is 246 Å². The topological polar surface area (TPSA) is 664 Å². The van der Waals surface area contributed by atoms with Crippen LogP contribution in [-0.4, -0.2) is 431 Å². The molecule has 0 aliphatic carbocycles. The molecule has 0 aromatic rings. The maximum Gasteiger partial charge on any atom is 0.187 e. The van der Waals surface area contributed by atoms with Crippen molar-refractivity contribution < 1.29 is 204 Å². The van der Waals surface area contributed by atoms with Crippen LogP contribution >= 0.6 is 0 Å². The van der Waals surface area contributed by atoms with Gasteiger partial charge in [-0.25, -0.2) is 0 Å². The van der Waals surface area contributed by atoms with Crippen molar-refractivity contribution in [2.75, 3.05) is 52.9 Å². The fourth-order valence-electron chi connectivity index (χ4n) is 11.4. The molecule has 0 spiro atoms. The van der Waals surface area contributed by atoms with Crippen LogP contribution < -0.4 is 0 Å². The van der Waals surface area contributed by atoms with E-state index in [2.05, 4.69) is 0 Å². The summed E-state index contributed by atoms with van der Waals surface area (Å²) in [4.78, 5) is 0. The van der Waals surface area contributed by atoms with Crippen LogP contribution in [0, 0.1) is 0 Å². The van der Waals surface area contributed by atoms with E-state index in [9.17, 15) is 133 Å². The van der Waals surface area contributed by atoms with Crippen LogP contribution in [-0.2, 0) is 71.1 Å². The molecule has 8 rings (SSSR count). The van der Waals surface area contributed by atoms with Gasteiger partial charge in [-0.1, -0.05) is 0 Å². The zero-order valence-corrected chi connectivity index (χ0v) is 46.5. The van der Waals surface area contributed by atoms with Crippen molar-refractivity contribution in [1.82, 2.24) is 0 Å². The lowest BCUT2D eigenvalue weighted by Gasteiger charge is -2.50. The molecule has 0 aromatic heterocycles. The van der Waals surface area contributed by atoms with Crippen LogP contribution in [0.2, 0.25) is 0 Å². The van der Waals surface area contributed by atoms with E-state index < -0.39 is 299 Å². The number of rotatable bonds is 22. The van der Waals surface area contributed by atoms with Crippen molar-refractivity contribution in [1.29, 1.82) is 0 Å². The molecule has 520 valence electrons. The minimum absolute atomic E-state index is 0.895. The summed E-state index contributed by atoms with van der Waals surface area (Å²) in [6, 6.07) is 0. The normalized spacial score (nSPS) is 53.6. The summed E-state index contributed by atoms with van der Waals surface area (Å²) in [5.41, 5.74) is 0. The van der Waals surface area contributed by atoms with E-state index in [1.807, 2.05) is 0 Å². The molecule has 0 amide bonds. The second kappa shape index (κ2) is 31.5. The van der Waals surface area contributed by atoms with Crippen molar-refractivity contribution >= 4 is 0 Å². The van der Waals surface area contributed by atoms with Crippen LogP contribution in [0.3, 0.4) is 0 Å². The second-order valence-electron chi connectivity index (χ2n) is 22.4. The van der Waals surface area contributed by atoms with E-state index in [-0.39, 0.29) is 0 Å². The Morgan fingerprint density at radius 1 is 0.169 bits per heavy atom. The Labute approximate surface area is 501 Å². The van der Waals surface area contributed by atoms with E-state index in [0.29, 0.717) is 0 Å². The summed E-state index contributed by atoms with van der Waals surface area (Å²) in [7, 11) is 0. The van der Waals surface area contributed by atoms with E-state index >= 15 is 0 Å². The van der Waals surface area contributed by atoms with Crippen molar-refractivity contribution in [3.05, 3.63) is 0 Å². The number of ether oxygens (including phenoxy) is 15. The molecule has 0 bridgehead atoms. The van der Waals surface area contributed by atoms with E-state index in [0.717, 1.165) is 0 Å². The Morgan fingerprint density at radius 2 is 0.326 bits per heavy atom. The molecule has 8 aliphatic rings. The highest BCUT2D eigenvalue weighted by molar-refractivity contribution is 5.02. The third-order valence-corrected chi connectivity index (χ3v) is 16.7. The molecule has 0 aromatic carbocycles. The molecular weight excluding hydrogens is 1230 g/mol. The van der Waals surface area contributed by atoms with E-state index in [1.165, 1.54) is 0 Å². The SMILES string of the molecule is OC[C@H]1O[C@H](O[C@@H]2[C@@H](O)[C@@H](O[C@@H]3[C@@H](O)[C@@H](O[C@@H]4[C@@H](O)[C@@H](O[C@@H]5[C@@H](O)[C@@H](O[C@@H]6[C@@H](O)[C@@H](O[C@@H]7[C@@H](O)[C@@H](O[C@H]8[C@H](O)[C@@H](CO)OC(O)[C@@H]8O)O[C@H](CO)[C@H]7O)O[C@H](CO)[C@H]6O)O[C@H](CO)[C@H]5O)O[C@H](CO)[C@H]4O)O[C@H](CO)[C@H]3O)O[C@H](CO)[C@H]2O)[C@H](O)[C@@H](O)[C@@H]1O. The van der Waals surface area contributed by atoms with Gasteiger partial charge in [0, 0.05) is 0 Å². The molecule has 8 fully saturated rings. The average molecular weight is 1320 g/mol. The standard InChI is InChI=1S/C48H82O41/c49-1-9-17(57)25(65)26(66)42(76-9)84-35-19(59)11(3-51)78-44(28(35)68)86-37-21(61)13(5-53)80-46(30(37)70)88-39-23(63)15(7-55)82-48(32(39)72)89-40-24(64)16(8-56)81-47(33(40)73)87-38-22(62)14(6-54)79-45(31(38)71)85-36-20(60)12(4-52)77-43(29(36)69)83-34-18(58)10(2-50)75-41(74)27(34)67/h9-74H,1-8H2/t9-,10-,11-,12-,13-,14-,15-,16-,17-,18-,19-,20-,21-,22-,23-,24-,25+,26-,27-,28-,29-,30-,31-,32-,33-,34+,35+,36+,37+,38+,39+,40+,41?,42-,43-,44-,45-,46-,47-,48-/m1/s1. The van der Waals surface area contributed by atoms with Gasteiger partial charge < -0.3 is 204 Å². The molecule has 41 nitrogen and oxygen atoms in total. The zero-order chi connectivity index (χ0) is 65.4. The Balaban J connectivity index is 0.965. The number of aliphatic hydroxyl groups is 26. The van der Waals surface area contributed by atoms with Crippen LogP contribution in [0.4, 0.5) is 0 Å². The first kappa shape index (κ1) is 73.2. The van der Waals surface area contributed by atoms with Gasteiger partial charge in [0.05, 0.1) is 52.9 Å². The lowest BCUT2D eigenvalue weighted by molar-refractivity contribution is -0.402. The molecule has 41 heteroatoms. The summed E-state index contributed by atoms with van der Waals surface area (Å²) < 4.78 is 83.5. The second-order valence-corrected chi connectivity index (χ2v) is 22.4. The summed E-state index contributed by atoms with van der Waals surface area (Å²) in [6.07, 6.45) is -81.9. The van der Waals surface area contributed by atoms with Gasteiger partial charge in [-0.3, -0.25) is 0 Å². The molecule has 40 atom stereocenters. The first-order valence-electron chi connectivity index (χ1n) is 28.2. The Morgan fingerprint density at radius 3 is 0.517 bits per heavy atom. The van der Waals surface area contributed by atoms with Crippen LogP contribution in [0.25, 0.3) is 0 Å². The van der Waals surface area contributed by atoms with Gasteiger partial charge in [0.25, 0.3) is 0 Å². The highest BCUT2D eigenvalue weighted by atomic mass is 16.8.